The zero-order chi connectivity index (χ0) is 29.5. The molecule has 1 aliphatic carbocycles. The monoisotopic (exact) mass is 599 g/mol. The molecule has 220 valence electrons. The third kappa shape index (κ3) is 6.11. The van der Waals surface area contributed by atoms with Gasteiger partial charge in [-0.05, 0) is 43.2 Å². The third-order valence-electron chi connectivity index (χ3n) is 7.71. The molecule has 0 saturated carbocycles. The predicted octanol–water partition coefficient (Wildman–Crippen LogP) is 5.93. The minimum atomic E-state index is -5.10. The van der Waals surface area contributed by atoms with E-state index in [4.69, 9.17) is 0 Å². The highest BCUT2D eigenvalue weighted by Gasteiger charge is 2.42. The number of alkyl halides is 6. The van der Waals surface area contributed by atoms with Gasteiger partial charge in [-0.15, -0.1) is 11.3 Å². The lowest BCUT2D eigenvalue weighted by molar-refractivity contribution is -0.146. The van der Waals surface area contributed by atoms with Gasteiger partial charge in [-0.1, -0.05) is 24.3 Å². The van der Waals surface area contributed by atoms with E-state index in [1.807, 2.05) is 12.1 Å². The van der Waals surface area contributed by atoms with E-state index in [-0.39, 0.29) is 41.7 Å². The first-order valence-electron chi connectivity index (χ1n) is 13.1. The largest absolute Gasteiger partial charge is 0.435 e. The minimum absolute atomic E-state index is 0.0355. The Morgan fingerprint density at radius 3 is 2.44 bits per heavy atom. The number of likely N-dealkylation sites (tertiary alicyclic amines) is 1. The number of rotatable bonds is 5. The van der Waals surface area contributed by atoms with Crippen LogP contribution in [0.3, 0.4) is 0 Å². The van der Waals surface area contributed by atoms with Gasteiger partial charge in [0.15, 0.2) is 5.69 Å². The molecule has 3 aromatic rings. The first-order chi connectivity index (χ1) is 19.3. The van der Waals surface area contributed by atoms with Gasteiger partial charge in [0.25, 0.3) is 5.91 Å². The Hall–Kier alpha value is -3.42. The number of carbonyl (C=O) groups excluding carboxylic acids is 2. The maximum atomic E-state index is 13.3. The molecule has 1 saturated heterocycles. The first-order valence-corrected chi connectivity index (χ1v) is 14.0. The number of hydrogen-bond donors (Lipinski definition) is 0. The van der Waals surface area contributed by atoms with Crippen LogP contribution in [-0.4, -0.2) is 56.5 Å². The standard InChI is InChI=1S/C27H27F6N5O2S/c1-36(20-8-4-6-16-5-2-3-7-18(16)20)25(40)19-15-41-24(34-19)17-9-11-37(12-10-17)23(39)14-38-22(27(31,32)33)13-21(35-38)26(28,29)30/h2-3,5,7,13,15,17,20H,4,6,8-12,14H2,1H3/t20-/m1/s1. The number of piperidine rings is 1. The van der Waals surface area contributed by atoms with E-state index in [1.165, 1.54) is 21.8 Å². The second-order valence-corrected chi connectivity index (χ2v) is 11.2. The fraction of sp³-hybridized carbons (Fsp3) is 0.481. The average Bonchev–Trinajstić information content (AvgIpc) is 3.60. The summed E-state index contributed by atoms with van der Waals surface area (Å²) in [7, 11) is 1.78. The summed E-state index contributed by atoms with van der Waals surface area (Å²) < 4.78 is 78.7. The van der Waals surface area contributed by atoms with Gasteiger partial charge in [-0.3, -0.25) is 14.3 Å². The molecular weight excluding hydrogens is 572 g/mol. The molecule has 1 fully saturated rings. The number of thiazole rings is 1. The summed E-state index contributed by atoms with van der Waals surface area (Å²) in [5.74, 6) is -0.992. The van der Waals surface area contributed by atoms with Gasteiger partial charge in [-0.2, -0.15) is 31.4 Å². The lowest BCUT2D eigenvalue weighted by Crippen LogP contribution is -2.40. The van der Waals surface area contributed by atoms with Gasteiger partial charge < -0.3 is 9.80 Å². The normalized spacial score (nSPS) is 18.3. The van der Waals surface area contributed by atoms with Gasteiger partial charge in [0, 0.05) is 37.5 Å². The number of halogens is 6. The van der Waals surface area contributed by atoms with E-state index < -0.39 is 36.2 Å². The Morgan fingerprint density at radius 1 is 1.05 bits per heavy atom. The van der Waals surface area contributed by atoms with Crippen molar-refractivity contribution in [2.45, 2.75) is 63.0 Å². The van der Waals surface area contributed by atoms with Crippen LogP contribution < -0.4 is 0 Å². The Labute approximate surface area is 235 Å². The minimum Gasteiger partial charge on any atom is -0.341 e. The first kappa shape index (κ1) is 29.1. The highest BCUT2D eigenvalue weighted by Crippen LogP contribution is 2.37. The van der Waals surface area contributed by atoms with Crippen molar-refractivity contribution in [3.05, 3.63) is 68.9 Å². The molecule has 1 atom stereocenters. The maximum absolute atomic E-state index is 13.3. The molecule has 0 bridgehead atoms. The van der Waals surface area contributed by atoms with Crippen LogP contribution in [0.1, 0.15) is 75.7 Å². The van der Waals surface area contributed by atoms with E-state index in [2.05, 4.69) is 22.2 Å². The van der Waals surface area contributed by atoms with Crippen molar-refractivity contribution in [1.82, 2.24) is 24.6 Å². The topological polar surface area (TPSA) is 71.3 Å². The molecular formula is C27H27F6N5O2S. The zero-order valence-electron chi connectivity index (χ0n) is 22.0. The number of carbonyl (C=O) groups is 2. The number of amides is 2. The zero-order valence-corrected chi connectivity index (χ0v) is 22.8. The van der Waals surface area contributed by atoms with Crippen LogP contribution in [0.5, 0.6) is 0 Å². The molecule has 2 aliphatic rings. The number of benzene rings is 1. The van der Waals surface area contributed by atoms with Crippen molar-refractivity contribution in [1.29, 1.82) is 0 Å². The summed E-state index contributed by atoms with van der Waals surface area (Å²) in [5, 5.41) is 5.46. The molecule has 7 nitrogen and oxygen atoms in total. The van der Waals surface area contributed by atoms with E-state index in [1.54, 1.807) is 17.3 Å². The van der Waals surface area contributed by atoms with Crippen molar-refractivity contribution < 1.29 is 35.9 Å². The summed E-state index contributed by atoms with van der Waals surface area (Å²) in [6.45, 7) is -0.568. The molecule has 0 unspecified atom stereocenters. The molecule has 5 rings (SSSR count). The molecule has 1 aromatic carbocycles. The molecule has 0 N–H and O–H groups in total. The fourth-order valence-corrected chi connectivity index (χ4v) is 6.50. The highest BCUT2D eigenvalue weighted by atomic mass is 32.1. The number of fused-ring (bicyclic) bond motifs is 1. The molecule has 3 heterocycles. The van der Waals surface area contributed by atoms with Gasteiger partial charge in [0.2, 0.25) is 5.91 Å². The van der Waals surface area contributed by atoms with Crippen molar-refractivity contribution in [2.24, 2.45) is 0 Å². The van der Waals surface area contributed by atoms with Crippen LogP contribution in [0, 0.1) is 0 Å². The summed E-state index contributed by atoms with van der Waals surface area (Å²) in [4.78, 5) is 33.6. The van der Waals surface area contributed by atoms with E-state index in [0.29, 0.717) is 18.5 Å². The predicted molar refractivity (Wildman–Crippen MR) is 137 cm³/mol. The van der Waals surface area contributed by atoms with Crippen molar-refractivity contribution in [3.8, 4) is 0 Å². The number of nitrogens with zero attached hydrogens (tertiary/aromatic N) is 5. The molecule has 2 aromatic heterocycles. The van der Waals surface area contributed by atoms with Crippen LogP contribution in [0.2, 0.25) is 0 Å². The van der Waals surface area contributed by atoms with E-state index in [0.717, 1.165) is 29.8 Å². The van der Waals surface area contributed by atoms with E-state index >= 15 is 0 Å². The van der Waals surface area contributed by atoms with Crippen molar-refractivity contribution >= 4 is 23.2 Å². The SMILES string of the molecule is CN(C(=O)c1csc(C2CCN(C(=O)Cn3nc(C(F)(F)F)cc3C(F)(F)F)CC2)n1)[C@@H]1CCCc2ccccc21. The Kier molecular flexibility index (Phi) is 7.88. The van der Waals surface area contributed by atoms with Gasteiger partial charge in [0.05, 0.1) is 11.0 Å². The highest BCUT2D eigenvalue weighted by molar-refractivity contribution is 7.09. The third-order valence-corrected chi connectivity index (χ3v) is 8.72. The number of aryl methyl sites for hydroxylation is 1. The molecule has 41 heavy (non-hydrogen) atoms. The summed E-state index contributed by atoms with van der Waals surface area (Å²) in [5.41, 5.74) is -0.604. The molecule has 0 radical (unpaired) electrons. The Balaban J connectivity index is 1.20. The van der Waals surface area contributed by atoms with Gasteiger partial charge in [0.1, 0.15) is 17.9 Å². The molecule has 1 aliphatic heterocycles. The number of aromatic nitrogens is 3. The molecule has 0 spiro atoms. The van der Waals surface area contributed by atoms with Gasteiger partial charge >= 0.3 is 12.4 Å². The summed E-state index contributed by atoms with van der Waals surface area (Å²) >= 11 is 1.35. The molecule has 14 heteroatoms. The van der Waals surface area contributed by atoms with Crippen LogP contribution in [0.25, 0.3) is 0 Å². The second-order valence-electron chi connectivity index (χ2n) is 10.3. The lowest BCUT2D eigenvalue weighted by Gasteiger charge is -2.33. The van der Waals surface area contributed by atoms with Crippen molar-refractivity contribution in [2.75, 3.05) is 20.1 Å². The Morgan fingerprint density at radius 2 is 1.76 bits per heavy atom. The quantitative estimate of drug-likeness (QED) is 0.341. The van der Waals surface area contributed by atoms with E-state index in [9.17, 15) is 35.9 Å². The average molecular weight is 600 g/mol. The second kappa shape index (κ2) is 11.1. The van der Waals surface area contributed by atoms with Crippen LogP contribution in [0.15, 0.2) is 35.7 Å². The van der Waals surface area contributed by atoms with Crippen LogP contribution >= 0.6 is 11.3 Å². The van der Waals surface area contributed by atoms with Crippen LogP contribution in [0.4, 0.5) is 26.3 Å². The Bertz CT molecular complexity index is 1420. The summed E-state index contributed by atoms with van der Waals surface area (Å²) in [6, 6.07) is 7.97. The van der Waals surface area contributed by atoms with Crippen LogP contribution in [-0.2, 0) is 30.1 Å². The van der Waals surface area contributed by atoms with Crippen molar-refractivity contribution in [3.63, 3.8) is 0 Å². The summed E-state index contributed by atoms with van der Waals surface area (Å²) in [6.07, 6.45) is -6.43. The smallest absolute Gasteiger partial charge is 0.341 e. The molecule has 2 amide bonds. The number of hydrogen-bond acceptors (Lipinski definition) is 5. The maximum Gasteiger partial charge on any atom is 0.435 e. The fourth-order valence-electron chi connectivity index (χ4n) is 5.53. The van der Waals surface area contributed by atoms with Gasteiger partial charge in [-0.25, -0.2) is 4.98 Å². The lowest BCUT2D eigenvalue weighted by atomic mass is 9.87.